The molecule has 3 rings (SSSR count). The molecule has 7 heteroatoms. The van der Waals surface area contributed by atoms with Crippen LogP contribution in [0.2, 0.25) is 0 Å². The van der Waals surface area contributed by atoms with Crippen molar-refractivity contribution in [2.75, 3.05) is 26.7 Å². The van der Waals surface area contributed by atoms with Crippen LogP contribution >= 0.6 is 0 Å². The second-order valence-corrected chi connectivity index (χ2v) is 5.67. The van der Waals surface area contributed by atoms with Crippen LogP contribution in [0.1, 0.15) is 36.3 Å². The van der Waals surface area contributed by atoms with E-state index in [1.807, 2.05) is 13.0 Å². The fourth-order valence-electron chi connectivity index (χ4n) is 2.75. The van der Waals surface area contributed by atoms with Crippen LogP contribution in [0.4, 0.5) is 4.39 Å². The maximum absolute atomic E-state index is 13.5. The molecule has 1 N–H and O–H groups in total. The van der Waals surface area contributed by atoms with Gasteiger partial charge in [0.15, 0.2) is 5.82 Å². The van der Waals surface area contributed by atoms with Crippen LogP contribution in [0.3, 0.4) is 0 Å². The molecule has 2 aromatic rings. The SMILES string of the molecule is COC(C)c1noc(CN2CCNCC2c2cccc(F)c2)n1. The van der Waals surface area contributed by atoms with Crippen LogP contribution in [-0.4, -0.2) is 41.8 Å². The quantitative estimate of drug-likeness (QED) is 0.910. The second kappa shape index (κ2) is 7.16. The van der Waals surface area contributed by atoms with Crippen molar-refractivity contribution in [1.82, 2.24) is 20.4 Å². The van der Waals surface area contributed by atoms with E-state index in [-0.39, 0.29) is 18.0 Å². The Morgan fingerprint density at radius 2 is 2.39 bits per heavy atom. The van der Waals surface area contributed by atoms with E-state index in [0.29, 0.717) is 18.3 Å². The minimum Gasteiger partial charge on any atom is -0.374 e. The molecule has 2 unspecified atom stereocenters. The monoisotopic (exact) mass is 320 g/mol. The van der Waals surface area contributed by atoms with Crippen LogP contribution < -0.4 is 5.32 Å². The molecule has 1 aliphatic rings. The maximum Gasteiger partial charge on any atom is 0.240 e. The van der Waals surface area contributed by atoms with E-state index < -0.39 is 0 Å². The molecule has 124 valence electrons. The number of nitrogens with zero attached hydrogens (tertiary/aromatic N) is 3. The van der Waals surface area contributed by atoms with E-state index >= 15 is 0 Å². The largest absolute Gasteiger partial charge is 0.374 e. The van der Waals surface area contributed by atoms with Crippen molar-refractivity contribution < 1.29 is 13.7 Å². The molecule has 0 bridgehead atoms. The van der Waals surface area contributed by atoms with Crippen molar-refractivity contribution in [3.05, 3.63) is 47.4 Å². The van der Waals surface area contributed by atoms with Crippen LogP contribution in [0.15, 0.2) is 28.8 Å². The van der Waals surface area contributed by atoms with Gasteiger partial charge in [0.1, 0.15) is 11.9 Å². The van der Waals surface area contributed by atoms with Crippen molar-refractivity contribution >= 4 is 0 Å². The van der Waals surface area contributed by atoms with Crippen LogP contribution in [0.5, 0.6) is 0 Å². The van der Waals surface area contributed by atoms with E-state index in [4.69, 9.17) is 9.26 Å². The summed E-state index contributed by atoms with van der Waals surface area (Å²) >= 11 is 0. The van der Waals surface area contributed by atoms with Gasteiger partial charge in [0.25, 0.3) is 0 Å². The van der Waals surface area contributed by atoms with Crippen molar-refractivity contribution in [3.8, 4) is 0 Å². The second-order valence-electron chi connectivity index (χ2n) is 5.67. The first-order valence-electron chi connectivity index (χ1n) is 7.73. The molecule has 23 heavy (non-hydrogen) atoms. The summed E-state index contributed by atoms with van der Waals surface area (Å²) in [6, 6.07) is 6.80. The Morgan fingerprint density at radius 3 is 3.17 bits per heavy atom. The number of nitrogens with one attached hydrogen (secondary N) is 1. The summed E-state index contributed by atoms with van der Waals surface area (Å²) in [4.78, 5) is 6.60. The first-order valence-corrected chi connectivity index (χ1v) is 7.73. The number of aromatic nitrogens is 2. The minimum atomic E-state index is -0.220. The molecule has 0 saturated carbocycles. The third-order valence-corrected chi connectivity index (χ3v) is 4.13. The lowest BCUT2D eigenvalue weighted by molar-refractivity contribution is 0.109. The molecule has 0 amide bonds. The molecule has 1 aromatic heterocycles. The van der Waals surface area contributed by atoms with Crippen molar-refractivity contribution in [2.24, 2.45) is 0 Å². The number of hydrogen-bond donors (Lipinski definition) is 1. The van der Waals surface area contributed by atoms with Crippen molar-refractivity contribution in [3.63, 3.8) is 0 Å². The van der Waals surface area contributed by atoms with E-state index in [1.54, 1.807) is 19.2 Å². The number of methoxy groups -OCH3 is 1. The number of halogens is 1. The van der Waals surface area contributed by atoms with Gasteiger partial charge in [-0.15, -0.1) is 0 Å². The molecule has 2 atom stereocenters. The number of piperazine rings is 1. The highest BCUT2D eigenvalue weighted by atomic mass is 19.1. The van der Waals surface area contributed by atoms with E-state index in [0.717, 1.165) is 25.2 Å². The minimum absolute atomic E-state index is 0.0784. The lowest BCUT2D eigenvalue weighted by Crippen LogP contribution is -2.45. The Bertz CT molecular complexity index is 649. The molecule has 0 aliphatic carbocycles. The Balaban J connectivity index is 1.75. The summed E-state index contributed by atoms with van der Waals surface area (Å²) in [5.41, 5.74) is 0.946. The highest BCUT2D eigenvalue weighted by molar-refractivity contribution is 5.21. The molecule has 1 aromatic carbocycles. The average Bonchev–Trinajstić information content (AvgIpc) is 3.03. The summed E-state index contributed by atoms with van der Waals surface area (Å²) < 4.78 is 24.0. The summed E-state index contributed by atoms with van der Waals surface area (Å²) in [5, 5.41) is 7.30. The van der Waals surface area contributed by atoms with E-state index in [9.17, 15) is 4.39 Å². The van der Waals surface area contributed by atoms with Crippen molar-refractivity contribution in [1.29, 1.82) is 0 Å². The predicted molar refractivity (Wildman–Crippen MR) is 82.1 cm³/mol. The fourth-order valence-corrected chi connectivity index (χ4v) is 2.75. The topological polar surface area (TPSA) is 63.4 Å². The van der Waals surface area contributed by atoms with E-state index in [2.05, 4.69) is 20.4 Å². The summed E-state index contributed by atoms with van der Waals surface area (Å²) in [6.45, 7) is 4.88. The molecule has 1 fully saturated rings. The standard InChI is InChI=1S/C16H21FN4O2/c1-11(22-2)16-19-15(23-20-16)10-21-7-6-18-9-14(21)12-4-3-5-13(17)8-12/h3-5,8,11,14,18H,6-7,9-10H2,1-2H3. The van der Waals surface area contributed by atoms with Gasteiger partial charge in [-0.1, -0.05) is 17.3 Å². The highest BCUT2D eigenvalue weighted by Gasteiger charge is 2.26. The third-order valence-electron chi connectivity index (χ3n) is 4.13. The van der Waals surface area contributed by atoms with Crippen LogP contribution in [-0.2, 0) is 11.3 Å². The lowest BCUT2D eigenvalue weighted by Gasteiger charge is -2.35. The Labute approximate surface area is 134 Å². The zero-order chi connectivity index (χ0) is 16.2. The number of ether oxygens (including phenoxy) is 1. The Kier molecular flexibility index (Phi) is 5.00. The zero-order valence-corrected chi connectivity index (χ0v) is 13.3. The average molecular weight is 320 g/mol. The van der Waals surface area contributed by atoms with Gasteiger partial charge in [0, 0.05) is 32.8 Å². The molecule has 6 nitrogen and oxygen atoms in total. The molecular formula is C16H21FN4O2. The summed E-state index contributed by atoms with van der Waals surface area (Å²) in [6.07, 6.45) is -0.200. The van der Waals surface area contributed by atoms with Gasteiger partial charge in [0.05, 0.1) is 6.54 Å². The van der Waals surface area contributed by atoms with Crippen LogP contribution in [0.25, 0.3) is 0 Å². The van der Waals surface area contributed by atoms with Gasteiger partial charge in [-0.25, -0.2) is 4.39 Å². The van der Waals surface area contributed by atoms with Gasteiger partial charge in [-0.3, -0.25) is 4.90 Å². The highest BCUT2D eigenvalue weighted by Crippen LogP contribution is 2.24. The third kappa shape index (κ3) is 3.74. The fraction of sp³-hybridized carbons (Fsp3) is 0.500. The predicted octanol–water partition coefficient (Wildman–Crippen LogP) is 2.06. The van der Waals surface area contributed by atoms with Gasteiger partial charge in [-0.05, 0) is 24.6 Å². The first kappa shape index (κ1) is 16.0. The summed E-state index contributed by atoms with van der Waals surface area (Å²) in [5.74, 6) is 0.870. The Morgan fingerprint density at radius 1 is 1.52 bits per heavy atom. The normalized spacial score (nSPS) is 20.6. The van der Waals surface area contributed by atoms with Crippen molar-refractivity contribution in [2.45, 2.75) is 25.6 Å². The molecule has 1 aliphatic heterocycles. The van der Waals surface area contributed by atoms with Crippen LogP contribution in [0, 0.1) is 5.82 Å². The van der Waals surface area contributed by atoms with E-state index in [1.165, 1.54) is 6.07 Å². The number of benzene rings is 1. The maximum atomic E-state index is 13.5. The summed E-state index contributed by atoms with van der Waals surface area (Å²) in [7, 11) is 1.61. The number of rotatable bonds is 5. The lowest BCUT2D eigenvalue weighted by atomic mass is 10.0. The van der Waals surface area contributed by atoms with Gasteiger partial charge in [-0.2, -0.15) is 4.98 Å². The molecule has 0 radical (unpaired) electrons. The molecule has 1 saturated heterocycles. The smallest absolute Gasteiger partial charge is 0.240 e. The molecule has 2 heterocycles. The molecule has 0 spiro atoms. The Hall–Kier alpha value is -1.83. The van der Waals surface area contributed by atoms with Gasteiger partial charge in [0.2, 0.25) is 5.89 Å². The molecular weight excluding hydrogens is 299 g/mol. The van der Waals surface area contributed by atoms with Gasteiger partial charge >= 0.3 is 0 Å². The first-order chi connectivity index (χ1) is 11.2. The zero-order valence-electron chi connectivity index (χ0n) is 13.3. The van der Waals surface area contributed by atoms with Gasteiger partial charge < -0.3 is 14.6 Å². The number of hydrogen-bond acceptors (Lipinski definition) is 6.